The van der Waals surface area contributed by atoms with Crippen molar-refractivity contribution < 1.29 is 0 Å². The summed E-state index contributed by atoms with van der Waals surface area (Å²) in [5.74, 6) is 0. The Hall–Kier alpha value is -7.52. The molecule has 3 aliphatic rings. The van der Waals surface area contributed by atoms with Crippen LogP contribution in [0.4, 0.5) is 17.1 Å². The summed E-state index contributed by atoms with van der Waals surface area (Å²) >= 11 is 1.97. The fraction of sp³-hybridized carbons (Fsp3) is 0.0938. The molecular weight excluding hydrogens is 815 g/mol. The second-order valence-electron chi connectivity index (χ2n) is 17.1. The molecule has 1 spiro atoms. The normalized spacial score (nSPS) is 14.9. The average Bonchev–Trinajstić information content (AvgIpc) is 4.02. The van der Waals surface area contributed by atoms with Gasteiger partial charge in [-0.1, -0.05) is 202 Å². The minimum atomic E-state index is -0.461. The van der Waals surface area contributed by atoms with Crippen LogP contribution in [0.25, 0.3) is 59.8 Å². The van der Waals surface area contributed by atoms with Crippen LogP contribution in [-0.4, -0.2) is 0 Å². The van der Waals surface area contributed by atoms with Crippen molar-refractivity contribution in [2.75, 3.05) is 4.90 Å². The summed E-state index contributed by atoms with van der Waals surface area (Å²) in [5, 5.41) is 4.02. The van der Waals surface area contributed by atoms with Crippen LogP contribution in [0.5, 0.6) is 0 Å². The Labute approximate surface area is 393 Å². The van der Waals surface area contributed by atoms with Gasteiger partial charge in [0.05, 0.1) is 11.1 Å². The zero-order chi connectivity index (χ0) is 44.6. The maximum absolute atomic E-state index is 2.52. The smallest absolute Gasteiger partial charge is 0.0820 e. The molecule has 1 atom stereocenters. The summed E-state index contributed by atoms with van der Waals surface area (Å²) in [5.41, 5.74) is 18.8. The van der Waals surface area contributed by atoms with E-state index in [2.05, 4.69) is 242 Å². The summed E-state index contributed by atoms with van der Waals surface area (Å²) < 4.78 is 1.34. The molecule has 0 bridgehead atoms. The molecule has 1 nitrogen and oxygen atoms in total. The van der Waals surface area contributed by atoms with Gasteiger partial charge in [-0.15, -0.1) is 11.3 Å². The Balaban J connectivity index is 0.000000322. The molecule has 0 saturated heterocycles. The molecule has 0 amide bonds. The number of nitrogens with zero attached hydrogens (tertiary/aromatic N) is 1. The van der Waals surface area contributed by atoms with Crippen LogP contribution in [0.1, 0.15) is 59.4 Å². The monoisotopic (exact) mass is 865 g/mol. The first-order chi connectivity index (χ1) is 32.7. The third-order valence-electron chi connectivity index (χ3n) is 13.5. The number of benzene rings is 9. The van der Waals surface area contributed by atoms with Gasteiger partial charge in [0.2, 0.25) is 0 Å². The molecule has 0 N–H and O–H groups in total. The van der Waals surface area contributed by atoms with Crippen molar-refractivity contribution in [3.05, 3.63) is 263 Å². The van der Waals surface area contributed by atoms with Crippen molar-refractivity contribution >= 4 is 54.8 Å². The topological polar surface area (TPSA) is 3.24 Å². The van der Waals surface area contributed by atoms with Crippen molar-refractivity contribution in [3.8, 4) is 33.4 Å². The van der Waals surface area contributed by atoms with Crippen molar-refractivity contribution in [3.63, 3.8) is 0 Å². The van der Waals surface area contributed by atoms with E-state index in [0.29, 0.717) is 0 Å². The maximum Gasteiger partial charge on any atom is 0.0820 e. The minimum Gasteiger partial charge on any atom is -0.310 e. The number of rotatable bonds is 5. The Morgan fingerprint density at radius 1 is 0.470 bits per heavy atom. The van der Waals surface area contributed by atoms with Gasteiger partial charge in [0.25, 0.3) is 0 Å². The Bertz CT molecular complexity index is 3460. The Morgan fingerprint density at radius 3 is 1.92 bits per heavy atom. The van der Waals surface area contributed by atoms with Crippen molar-refractivity contribution in [1.29, 1.82) is 0 Å². The van der Waals surface area contributed by atoms with Crippen LogP contribution in [0.15, 0.2) is 231 Å². The molecule has 0 radical (unpaired) electrons. The first-order valence-electron chi connectivity index (χ1n) is 23.4. The number of allylic oxidation sites excluding steroid dienone is 4. The highest BCUT2D eigenvalue weighted by molar-refractivity contribution is 7.20. The standard InChI is InChI=1S/C51H35NS.C11H10.C2H6/c1-4-16-34(17-5-1)36-28-30-41-40-23-10-13-25-44(40)51(45(41)32-36)46-33-38(29-31-42(46)49-43-24-12-15-27-48(43)53-50(49)51)52(37-20-8-3-9-21-37)47-26-14-11-22-39(47)35-18-6-2-7-19-35;1-9-5-4-7-10-6-2-3-8-11(9)10;1-2/h1,3-6,8-33H,2,7H2;2-8H,1H3;1-2H3. The van der Waals surface area contributed by atoms with Crippen molar-refractivity contribution in [2.45, 2.75) is 39.0 Å². The molecule has 10 aromatic rings. The van der Waals surface area contributed by atoms with Crippen LogP contribution in [0.3, 0.4) is 0 Å². The molecule has 0 fully saturated rings. The van der Waals surface area contributed by atoms with E-state index >= 15 is 0 Å². The molecule has 9 aromatic carbocycles. The molecule has 318 valence electrons. The molecular formula is C64H51NS. The van der Waals surface area contributed by atoms with E-state index in [1.165, 1.54) is 98.2 Å². The molecule has 66 heavy (non-hydrogen) atoms. The van der Waals surface area contributed by atoms with Gasteiger partial charge in [0, 0.05) is 37.5 Å². The van der Waals surface area contributed by atoms with Gasteiger partial charge in [-0.25, -0.2) is 0 Å². The van der Waals surface area contributed by atoms with E-state index < -0.39 is 5.41 Å². The van der Waals surface area contributed by atoms with Gasteiger partial charge >= 0.3 is 0 Å². The summed E-state index contributed by atoms with van der Waals surface area (Å²) in [6.07, 6.45) is 9.14. The fourth-order valence-electron chi connectivity index (χ4n) is 10.6. The molecule has 13 rings (SSSR count). The van der Waals surface area contributed by atoms with Crippen LogP contribution in [0, 0.1) is 6.92 Å². The van der Waals surface area contributed by atoms with Gasteiger partial charge in [-0.3, -0.25) is 0 Å². The van der Waals surface area contributed by atoms with Gasteiger partial charge < -0.3 is 4.90 Å². The second kappa shape index (κ2) is 17.5. The van der Waals surface area contributed by atoms with E-state index in [9.17, 15) is 0 Å². The van der Waals surface area contributed by atoms with Crippen LogP contribution >= 0.6 is 11.3 Å². The predicted octanol–water partition coefficient (Wildman–Crippen LogP) is 18.3. The highest BCUT2D eigenvalue weighted by Crippen LogP contribution is 2.66. The van der Waals surface area contributed by atoms with E-state index in [1.807, 2.05) is 25.2 Å². The lowest BCUT2D eigenvalue weighted by Gasteiger charge is -2.32. The molecule has 0 saturated carbocycles. The lowest BCUT2D eigenvalue weighted by molar-refractivity contribution is 0.812. The summed E-state index contributed by atoms with van der Waals surface area (Å²) in [6, 6.07) is 78.1. The molecule has 0 aliphatic heterocycles. The first-order valence-corrected chi connectivity index (χ1v) is 24.2. The Kier molecular flexibility index (Phi) is 10.9. The van der Waals surface area contributed by atoms with E-state index in [0.717, 1.165) is 24.2 Å². The van der Waals surface area contributed by atoms with Gasteiger partial charge in [-0.2, -0.15) is 0 Å². The zero-order valence-corrected chi connectivity index (χ0v) is 38.5. The molecule has 3 aliphatic carbocycles. The minimum absolute atomic E-state index is 0.461. The molecule has 1 unspecified atom stereocenters. The quantitative estimate of drug-likeness (QED) is 0.167. The van der Waals surface area contributed by atoms with E-state index in [1.54, 1.807) is 0 Å². The molecule has 1 aromatic heterocycles. The number of thiophene rings is 1. The van der Waals surface area contributed by atoms with Crippen molar-refractivity contribution in [1.82, 2.24) is 0 Å². The van der Waals surface area contributed by atoms with E-state index in [4.69, 9.17) is 0 Å². The third kappa shape index (κ3) is 6.75. The predicted molar refractivity (Wildman–Crippen MR) is 285 cm³/mol. The summed E-state index contributed by atoms with van der Waals surface area (Å²) in [7, 11) is 0. The summed E-state index contributed by atoms with van der Waals surface area (Å²) in [6.45, 7) is 6.14. The SMILES string of the molecule is C1=CC(c2ccccc2N(c2ccccc2)c2ccc3c(c2)C2(c4ccccc4-c4ccc(-c5ccccc5)cc42)c2sc4ccccc4c2-3)=CCC1.CC.Cc1cccc2ccccc12. The highest BCUT2D eigenvalue weighted by Gasteiger charge is 2.53. The van der Waals surface area contributed by atoms with Gasteiger partial charge in [-0.05, 0) is 129 Å². The van der Waals surface area contributed by atoms with Crippen molar-refractivity contribution in [2.24, 2.45) is 0 Å². The number of hydrogen-bond acceptors (Lipinski definition) is 2. The summed E-state index contributed by atoms with van der Waals surface area (Å²) in [4.78, 5) is 3.89. The number of aryl methyl sites for hydroxylation is 1. The lowest BCUT2D eigenvalue weighted by atomic mass is 9.73. The number of para-hydroxylation sites is 2. The van der Waals surface area contributed by atoms with Gasteiger partial charge in [0.1, 0.15) is 0 Å². The maximum atomic E-state index is 2.52. The molecule has 1 heterocycles. The number of anilines is 3. The van der Waals surface area contributed by atoms with Crippen LogP contribution < -0.4 is 4.90 Å². The third-order valence-corrected chi connectivity index (χ3v) is 14.8. The van der Waals surface area contributed by atoms with Crippen LogP contribution in [-0.2, 0) is 5.41 Å². The first kappa shape index (κ1) is 41.2. The van der Waals surface area contributed by atoms with Crippen LogP contribution in [0.2, 0.25) is 0 Å². The fourth-order valence-corrected chi connectivity index (χ4v) is 12.1. The largest absolute Gasteiger partial charge is 0.310 e. The average molecular weight is 866 g/mol. The molecule has 2 heteroatoms. The van der Waals surface area contributed by atoms with Gasteiger partial charge in [0.15, 0.2) is 0 Å². The number of hydrogen-bond donors (Lipinski definition) is 0. The highest BCUT2D eigenvalue weighted by atomic mass is 32.1. The lowest BCUT2D eigenvalue weighted by Crippen LogP contribution is -2.25. The zero-order valence-electron chi connectivity index (χ0n) is 37.7. The Morgan fingerprint density at radius 2 is 1.12 bits per heavy atom. The van der Waals surface area contributed by atoms with E-state index in [-0.39, 0.29) is 0 Å². The second-order valence-corrected chi connectivity index (χ2v) is 18.1. The number of fused-ring (bicyclic) bond motifs is 13.